The molecule has 0 aliphatic heterocycles. The van der Waals surface area contributed by atoms with Crippen LogP contribution in [0.5, 0.6) is 0 Å². The first-order valence-electron chi connectivity index (χ1n) is 7.20. The van der Waals surface area contributed by atoms with Gasteiger partial charge in [-0.3, -0.25) is 4.79 Å². The van der Waals surface area contributed by atoms with Crippen LogP contribution in [0.4, 0.5) is 0 Å². The van der Waals surface area contributed by atoms with E-state index in [1.165, 1.54) is 0 Å². The van der Waals surface area contributed by atoms with Crippen LogP contribution in [0.3, 0.4) is 0 Å². The third-order valence-electron chi connectivity index (χ3n) is 3.06. The van der Waals surface area contributed by atoms with Gasteiger partial charge in [0, 0.05) is 6.54 Å². The molecule has 0 saturated heterocycles. The molecule has 0 aliphatic carbocycles. The van der Waals surface area contributed by atoms with Crippen molar-refractivity contribution in [3.05, 3.63) is 29.8 Å². The maximum Gasteiger partial charge on any atom is 0.321 e. The average molecular weight is 313 g/mol. The third-order valence-corrected chi connectivity index (χ3v) is 5.00. The summed E-state index contributed by atoms with van der Waals surface area (Å²) in [5.74, 6) is -0.537. The van der Waals surface area contributed by atoms with Gasteiger partial charge in [-0.25, -0.2) is 8.42 Å². The van der Waals surface area contributed by atoms with E-state index in [9.17, 15) is 13.2 Å². The highest BCUT2D eigenvalue weighted by molar-refractivity contribution is 7.89. The number of carbonyl (C=O) groups excluding carboxylic acids is 1. The standard InChI is InChI=1S/C15H23NO4S/c1-4-7-13-8-10-14(11-9-13)21(18,19)16(5-2)12-15(17)20-6-3/h8-11H,4-7,12H2,1-3H3. The van der Waals surface area contributed by atoms with Gasteiger partial charge in [-0.1, -0.05) is 32.4 Å². The first-order chi connectivity index (χ1) is 9.95. The Balaban J connectivity index is 2.93. The summed E-state index contributed by atoms with van der Waals surface area (Å²) in [6.45, 7) is 5.66. The van der Waals surface area contributed by atoms with Crippen molar-refractivity contribution >= 4 is 16.0 Å². The Labute approximate surface area is 127 Å². The summed E-state index contributed by atoms with van der Waals surface area (Å²) in [6.07, 6.45) is 1.93. The molecule has 1 aromatic carbocycles. The lowest BCUT2D eigenvalue weighted by atomic mass is 10.1. The Morgan fingerprint density at radius 2 is 1.76 bits per heavy atom. The van der Waals surface area contributed by atoms with Crippen LogP contribution >= 0.6 is 0 Å². The summed E-state index contributed by atoms with van der Waals surface area (Å²) in [4.78, 5) is 11.7. The maximum absolute atomic E-state index is 12.5. The van der Waals surface area contributed by atoms with Crippen molar-refractivity contribution in [2.75, 3.05) is 19.7 Å². The topological polar surface area (TPSA) is 63.7 Å². The van der Waals surface area contributed by atoms with Crippen LogP contribution in [0, 0.1) is 0 Å². The summed E-state index contributed by atoms with van der Waals surface area (Å²) in [7, 11) is -3.66. The molecule has 0 aromatic heterocycles. The fourth-order valence-corrected chi connectivity index (χ4v) is 3.38. The number of sulfonamides is 1. The molecular weight excluding hydrogens is 290 g/mol. The van der Waals surface area contributed by atoms with Gasteiger partial charge in [0.05, 0.1) is 11.5 Å². The number of ether oxygens (including phenoxy) is 1. The van der Waals surface area contributed by atoms with E-state index >= 15 is 0 Å². The van der Waals surface area contributed by atoms with Crippen molar-refractivity contribution in [1.82, 2.24) is 4.31 Å². The molecule has 0 N–H and O–H groups in total. The van der Waals surface area contributed by atoms with E-state index in [1.807, 2.05) is 12.1 Å². The van der Waals surface area contributed by atoms with Crippen LogP contribution in [0.15, 0.2) is 29.2 Å². The van der Waals surface area contributed by atoms with E-state index in [1.54, 1.807) is 26.0 Å². The van der Waals surface area contributed by atoms with E-state index in [2.05, 4.69) is 6.92 Å². The molecule has 0 heterocycles. The van der Waals surface area contributed by atoms with Crippen molar-refractivity contribution in [3.8, 4) is 0 Å². The molecule has 0 fully saturated rings. The molecule has 21 heavy (non-hydrogen) atoms. The predicted octanol–water partition coefficient (Wildman–Crippen LogP) is 2.21. The van der Waals surface area contributed by atoms with Gasteiger partial charge in [0.25, 0.3) is 0 Å². The van der Waals surface area contributed by atoms with Crippen molar-refractivity contribution < 1.29 is 17.9 Å². The van der Waals surface area contributed by atoms with Crippen LogP contribution in [-0.4, -0.2) is 38.4 Å². The number of likely N-dealkylation sites (N-methyl/N-ethyl adjacent to an activating group) is 1. The van der Waals surface area contributed by atoms with Crippen LogP contribution in [-0.2, 0) is 26.0 Å². The van der Waals surface area contributed by atoms with Crippen LogP contribution in [0.25, 0.3) is 0 Å². The minimum atomic E-state index is -3.66. The molecule has 0 amide bonds. The molecule has 0 spiro atoms. The van der Waals surface area contributed by atoms with Gasteiger partial charge < -0.3 is 4.74 Å². The number of carbonyl (C=O) groups is 1. The lowest BCUT2D eigenvalue weighted by Gasteiger charge is -2.19. The minimum absolute atomic E-state index is 0.202. The molecular formula is C15H23NO4S. The number of aryl methyl sites for hydroxylation is 1. The fourth-order valence-electron chi connectivity index (χ4n) is 1.98. The maximum atomic E-state index is 12.5. The highest BCUT2D eigenvalue weighted by Gasteiger charge is 2.25. The predicted molar refractivity (Wildman–Crippen MR) is 81.5 cm³/mol. The fraction of sp³-hybridized carbons (Fsp3) is 0.533. The summed E-state index contributed by atoms with van der Waals surface area (Å²) >= 11 is 0. The zero-order valence-electron chi connectivity index (χ0n) is 12.8. The van der Waals surface area contributed by atoms with E-state index in [-0.39, 0.29) is 24.6 Å². The Morgan fingerprint density at radius 3 is 2.24 bits per heavy atom. The van der Waals surface area contributed by atoms with Gasteiger partial charge >= 0.3 is 5.97 Å². The zero-order chi connectivity index (χ0) is 15.9. The van der Waals surface area contributed by atoms with E-state index in [4.69, 9.17) is 4.74 Å². The Hall–Kier alpha value is -1.40. The average Bonchev–Trinajstić information content (AvgIpc) is 2.46. The molecule has 5 nitrogen and oxygen atoms in total. The number of esters is 1. The summed E-state index contributed by atoms with van der Waals surface area (Å²) < 4.78 is 30.9. The molecule has 0 unspecified atom stereocenters. The van der Waals surface area contributed by atoms with E-state index in [0.717, 1.165) is 22.7 Å². The van der Waals surface area contributed by atoms with E-state index < -0.39 is 16.0 Å². The Morgan fingerprint density at radius 1 is 1.14 bits per heavy atom. The largest absolute Gasteiger partial charge is 0.465 e. The summed E-state index contributed by atoms with van der Waals surface area (Å²) in [6, 6.07) is 6.81. The van der Waals surface area contributed by atoms with E-state index in [0.29, 0.717) is 0 Å². The SMILES string of the molecule is CCCc1ccc(S(=O)(=O)N(CC)CC(=O)OCC)cc1. The summed E-state index contributed by atoms with van der Waals surface area (Å²) in [5.41, 5.74) is 1.10. The minimum Gasteiger partial charge on any atom is -0.465 e. The highest BCUT2D eigenvalue weighted by atomic mass is 32.2. The molecule has 118 valence electrons. The second-order valence-corrected chi connectivity index (χ2v) is 6.57. The third kappa shape index (κ3) is 4.82. The monoisotopic (exact) mass is 313 g/mol. The van der Waals surface area contributed by atoms with Gasteiger partial charge in [0.2, 0.25) is 10.0 Å². The van der Waals surface area contributed by atoms with Crippen LogP contribution < -0.4 is 0 Å². The lowest BCUT2D eigenvalue weighted by molar-refractivity contribution is -0.143. The van der Waals surface area contributed by atoms with Crippen molar-refractivity contribution in [1.29, 1.82) is 0 Å². The molecule has 0 bridgehead atoms. The molecule has 6 heteroatoms. The lowest BCUT2D eigenvalue weighted by Crippen LogP contribution is -2.36. The zero-order valence-corrected chi connectivity index (χ0v) is 13.6. The molecule has 0 atom stereocenters. The van der Waals surface area contributed by atoms with Crippen LogP contribution in [0.2, 0.25) is 0 Å². The number of hydrogen-bond donors (Lipinski definition) is 0. The van der Waals surface area contributed by atoms with Crippen molar-refractivity contribution in [3.63, 3.8) is 0 Å². The number of nitrogens with zero attached hydrogens (tertiary/aromatic N) is 1. The van der Waals surface area contributed by atoms with Crippen molar-refractivity contribution in [2.45, 2.75) is 38.5 Å². The molecule has 1 rings (SSSR count). The van der Waals surface area contributed by atoms with Gasteiger partial charge in [0.1, 0.15) is 6.54 Å². The van der Waals surface area contributed by atoms with Gasteiger partial charge in [-0.2, -0.15) is 4.31 Å². The summed E-state index contributed by atoms with van der Waals surface area (Å²) in [5, 5.41) is 0. The van der Waals surface area contributed by atoms with Gasteiger partial charge in [-0.15, -0.1) is 0 Å². The Bertz CT molecular complexity index is 552. The second kappa shape index (κ2) is 8.14. The highest BCUT2D eigenvalue weighted by Crippen LogP contribution is 2.17. The number of benzene rings is 1. The van der Waals surface area contributed by atoms with Crippen LogP contribution in [0.1, 0.15) is 32.8 Å². The normalized spacial score (nSPS) is 11.6. The quantitative estimate of drug-likeness (QED) is 0.690. The first-order valence-corrected chi connectivity index (χ1v) is 8.64. The molecule has 0 aliphatic rings. The molecule has 1 aromatic rings. The van der Waals surface area contributed by atoms with Gasteiger partial charge in [0.15, 0.2) is 0 Å². The molecule has 0 radical (unpaired) electrons. The van der Waals surface area contributed by atoms with Crippen molar-refractivity contribution in [2.24, 2.45) is 0 Å². The number of rotatable bonds is 8. The van der Waals surface area contributed by atoms with Gasteiger partial charge in [-0.05, 0) is 31.0 Å². The second-order valence-electron chi connectivity index (χ2n) is 4.63. The molecule has 0 saturated carbocycles. The smallest absolute Gasteiger partial charge is 0.321 e. The first kappa shape index (κ1) is 17.7. The Kier molecular flexibility index (Phi) is 6.84. The number of hydrogen-bond acceptors (Lipinski definition) is 4.